The molecule has 0 unspecified atom stereocenters. The lowest BCUT2D eigenvalue weighted by Gasteiger charge is -2.07. The van der Waals surface area contributed by atoms with E-state index in [1.165, 1.54) is 30.2 Å². The molecule has 0 saturated carbocycles. The number of anilines is 1. The molecule has 20 heavy (non-hydrogen) atoms. The van der Waals surface area contributed by atoms with E-state index in [9.17, 15) is 0 Å². The summed E-state index contributed by atoms with van der Waals surface area (Å²) in [6.07, 6.45) is 5.22. The Kier molecular flexibility index (Phi) is 5.61. The van der Waals surface area contributed by atoms with Crippen molar-refractivity contribution in [3.05, 3.63) is 40.8 Å². The summed E-state index contributed by atoms with van der Waals surface area (Å²) >= 11 is 7.37. The van der Waals surface area contributed by atoms with Crippen molar-refractivity contribution >= 4 is 29.2 Å². The summed E-state index contributed by atoms with van der Waals surface area (Å²) in [5.41, 5.74) is 8.03. The van der Waals surface area contributed by atoms with Crippen LogP contribution in [0.2, 0.25) is 5.15 Å². The van der Waals surface area contributed by atoms with E-state index in [2.05, 4.69) is 27.9 Å². The Morgan fingerprint density at radius 3 is 2.95 bits per heavy atom. The Morgan fingerprint density at radius 2 is 2.20 bits per heavy atom. The number of halogens is 1. The lowest BCUT2D eigenvalue weighted by Crippen LogP contribution is -1.98. The van der Waals surface area contributed by atoms with Crippen LogP contribution in [0.4, 0.5) is 5.82 Å². The second-order valence-corrected chi connectivity index (χ2v) is 5.73. The van der Waals surface area contributed by atoms with Crippen molar-refractivity contribution in [2.24, 2.45) is 0 Å². The smallest absolute Gasteiger partial charge is 0.191 e. The van der Waals surface area contributed by atoms with E-state index in [-0.39, 0.29) is 0 Å². The Bertz CT molecular complexity index is 557. The van der Waals surface area contributed by atoms with Gasteiger partial charge in [-0.05, 0) is 24.5 Å². The van der Waals surface area contributed by atoms with Gasteiger partial charge >= 0.3 is 0 Å². The van der Waals surface area contributed by atoms with Gasteiger partial charge in [0.25, 0.3) is 0 Å². The quantitative estimate of drug-likeness (QED) is 0.500. The standard InChI is InChI=1S/C14H17ClN4S/c1-2-3-5-10-6-4-7-17-11(10)9-20-14-18-12(15)8-13(16)19-14/h4,6-8H,2-3,5,9H2,1H3,(H2,16,18,19). The molecule has 0 aliphatic heterocycles. The van der Waals surface area contributed by atoms with Crippen LogP contribution < -0.4 is 5.73 Å². The Balaban J connectivity index is 2.06. The summed E-state index contributed by atoms with van der Waals surface area (Å²) in [4.78, 5) is 12.8. The van der Waals surface area contributed by atoms with Gasteiger partial charge in [0, 0.05) is 18.0 Å². The second kappa shape index (κ2) is 7.45. The maximum absolute atomic E-state index is 5.87. The minimum atomic E-state index is 0.368. The number of nitrogen functional groups attached to an aromatic ring is 1. The Morgan fingerprint density at radius 1 is 1.35 bits per heavy atom. The first kappa shape index (κ1) is 15.1. The first-order chi connectivity index (χ1) is 9.69. The lowest BCUT2D eigenvalue weighted by molar-refractivity contribution is 0.785. The molecule has 0 bridgehead atoms. The molecule has 2 heterocycles. The average molecular weight is 309 g/mol. The number of nitrogens with zero attached hydrogens (tertiary/aromatic N) is 3. The molecule has 4 nitrogen and oxygen atoms in total. The van der Waals surface area contributed by atoms with Crippen molar-refractivity contribution < 1.29 is 0 Å². The Labute approximate surface area is 128 Å². The van der Waals surface area contributed by atoms with Gasteiger partial charge in [-0.2, -0.15) is 0 Å². The predicted molar refractivity (Wildman–Crippen MR) is 83.9 cm³/mol. The maximum atomic E-state index is 5.87. The monoisotopic (exact) mass is 308 g/mol. The van der Waals surface area contributed by atoms with Gasteiger partial charge in [-0.1, -0.05) is 42.8 Å². The van der Waals surface area contributed by atoms with Gasteiger partial charge in [-0.15, -0.1) is 0 Å². The molecule has 0 saturated heterocycles. The summed E-state index contributed by atoms with van der Waals surface area (Å²) in [5.74, 6) is 1.11. The van der Waals surface area contributed by atoms with E-state index in [0.29, 0.717) is 16.1 Å². The fourth-order valence-electron chi connectivity index (χ4n) is 1.81. The molecule has 6 heteroatoms. The molecule has 0 aliphatic carbocycles. The van der Waals surface area contributed by atoms with E-state index in [1.807, 2.05) is 12.3 Å². The van der Waals surface area contributed by atoms with Gasteiger partial charge in [0.15, 0.2) is 5.16 Å². The van der Waals surface area contributed by atoms with Gasteiger partial charge in [0.1, 0.15) is 11.0 Å². The van der Waals surface area contributed by atoms with Gasteiger partial charge in [0.2, 0.25) is 0 Å². The fourth-order valence-corrected chi connectivity index (χ4v) is 2.91. The number of thioether (sulfide) groups is 1. The number of pyridine rings is 1. The number of hydrogen-bond acceptors (Lipinski definition) is 5. The zero-order chi connectivity index (χ0) is 14.4. The SMILES string of the molecule is CCCCc1cccnc1CSc1nc(N)cc(Cl)n1. The van der Waals surface area contributed by atoms with Crippen molar-refractivity contribution in [1.82, 2.24) is 15.0 Å². The first-order valence-electron chi connectivity index (χ1n) is 6.54. The molecule has 0 radical (unpaired) electrons. The summed E-state index contributed by atoms with van der Waals surface area (Å²) in [6.45, 7) is 2.19. The van der Waals surface area contributed by atoms with E-state index < -0.39 is 0 Å². The predicted octanol–water partition coefficient (Wildman–Crippen LogP) is 3.74. The van der Waals surface area contributed by atoms with Crippen LogP contribution in [0, 0.1) is 0 Å². The highest BCUT2D eigenvalue weighted by molar-refractivity contribution is 7.98. The topological polar surface area (TPSA) is 64.7 Å². The largest absolute Gasteiger partial charge is 0.384 e. The molecule has 0 spiro atoms. The molecule has 0 atom stereocenters. The van der Waals surface area contributed by atoms with Gasteiger partial charge in [-0.25, -0.2) is 9.97 Å². The van der Waals surface area contributed by atoms with Gasteiger partial charge < -0.3 is 5.73 Å². The summed E-state index contributed by atoms with van der Waals surface area (Å²) in [7, 11) is 0. The third kappa shape index (κ3) is 4.35. The normalized spacial score (nSPS) is 10.7. The molecule has 0 aliphatic rings. The van der Waals surface area contributed by atoms with Gasteiger partial charge in [0.05, 0.1) is 5.69 Å². The highest BCUT2D eigenvalue weighted by Crippen LogP contribution is 2.23. The van der Waals surface area contributed by atoms with Crippen molar-refractivity contribution in [3.8, 4) is 0 Å². The van der Waals surface area contributed by atoms with Gasteiger partial charge in [-0.3, -0.25) is 4.98 Å². The van der Waals surface area contributed by atoms with Crippen LogP contribution in [-0.2, 0) is 12.2 Å². The first-order valence-corrected chi connectivity index (χ1v) is 7.91. The minimum absolute atomic E-state index is 0.368. The number of aryl methyl sites for hydroxylation is 1. The van der Waals surface area contributed by atoms with Crippen LogP contribution >= 0.6 is 23.4 Å². The zero-order valence-corrected chi connectivity index (χ0v) is 12.9. The molecular formula is C14H17ClN4S. The number of nitrogens with two attached hydrogens (primary N) is 1. The molecule has 0 fully saturated rings. The minimum Gasteiger partial charge on any atom is -0.384 e. The van der Waals surface area contributed by atoms with Crippen LogP contribution in [0.3, 0.4) is 0 Å². The summed E-state index contributed by atoms with van der Waals surface area (Å²) in [6, 6.07) is 5.65. The summed E-state index contributed by atoms with van der Waals surface area (Å²) in [5, 5.41) is 0.953. The van der Waals surface area contributed by atoms with Crippen LogP contribution in [0.15, 0.2) is 29.6 Å². The molecule has 2 aromatic heterocycles. The van der Waals surface area contributed by atoms with Crippen LogP contribution in [0.25, 0.3) is 0 Å². The lowest BCUT2D eigenvalue weighted by atomic mass is 10.1. The number of unbranched alkanes of at least 4 members (excludes halogenated alkanes) is 1. The molecular weight excluding hydrogens is 292 g/mol. The highest BCUT2D eigenvalue weighted by Gasteiger charge is 2.07. The Hall–Kier alpha value is -1.33. The van der Waals surface area contributed by atoms with Crippen LogP contribution in [0.5, 0.6) is 0 Å². The second-order valence-electron chi connectivity index (χ2n) is 4.40. The van der Waals surface area contributed by atoms with Crippen molar-refractivity contribution in [2.75, 3.05) is 5.73 Å². The van der Waals surface area contributed by atoms with E-state index in [0.717, 1.165) is 17.9 Å². The molecule has 0 amide bonds. The van der Waals surface area contributed by atoms with Crippen molar-refractivity contribution in [2.45, 2.75) is 37.1 Å². The average Bonchev–Trinajstić information content (AvgIpc) is 2.43. The number of rotatable bonds is 6. The van der Waals surface area contributed by atoms with E-state index >= 15 is 0 Å². The number of hydrogen-bond donors (Lipinski definition) is 1. The fraction of sp³-hybridized carbons (Fsp3) is 0.357. The highest BCUT2D eigenvalue weighted by atomic mass is 35.5. The van der Waals surface area contributed by atoms with Crippen LogP contribution in [-0.4, -0.2) is 15.0 Å². The zero-order valence-electron chi connectivity index (χ0n) is 11.3. The third-order valence-corrected chi connectivity index (χ3v) is 3.87. The van der Waals surface area contributed by atoms with E-state index in [4.69, 9.17) is 17.3 Å². The molecule has 2 rings (SSSR count). The van der Waals surface area contributed by atoms with Crippen molar-refractivity contribution in [1.29, 1.82) is 0 Å². The van der Waals surface area contributed by atoms with E-state index in [1.54, 1.807) is 6.07 Å². The maximum Gasteiger partial charge on any atom is 0.191 e. The molecule has 2 N–H and O–H groups in total. The molecule has 0 aromatic carbocycles. The molecule has 106 valence electrons. The van der Waals surface area contributed by atoms with Crippen molar-refractivity contribution in [3.63, 3.8) is 0 Å². The molecule has 2 aromatic rings. The summed E-state index contributed by atoms with van der Waals surface area (Å²) < 4.78 is 0. The van der Waals surface area contributed by atoms with Crippen LogP contribution in [0.1, 0.15) is 31.0 Å². The number of aromatic nitrogens is 3. The third-order valence-electron chi connectivity index (χ3n) is 2.82.